The van der Waals surface area contributed by atoms with Gasteiger partial charge in [0.25, 0.3) is 0 Å². The number of nitrogens with one attached hydrogen (secondary N) is 2. The molecule has 0 saturated heterocycles. The van der Waals surface area contributed by atoms with Gasteiger partial charge in [-0.05, 0) is 50.6 Å². The maximum Gasteiger partial charge on any atom is 0.242 e. The third kappa shape index (κ3) is 2.93. The van der Waals surface area contributed by atoms with Crippen LogP contribution in [0.5, 0.6) is 0 Å². The molecule has 102 valence electrons. The molecule has 6 heteroatoms. The zero-order chi connectivity index (χ0) is 13.3. The molecule has 1 fully saturated rings. The lowest BCUT2D eigenvalue weighted by Gasteiger charge is -2.14. The summed E-state index contributed by atoms with van der Waals surface area (Å²) in [6, 6.07) is 0.0386. The third-order valence-electron chi connectivity index (χ3n) is 3.27. The number of thiophene rings is 1. The Morgan fingerprint density at radius 2 is 2.17 bits per heavy atom. The summed E-state index contributed by atoms with van der Waals surface area (Å²) in [5.41, 5.74) is 0.834. The number of hydrogen-bond acceptors (Lipinski definition) is 4. The number of hydrogen-bond donors (Lipinski definition) is 2. The van der Waals surface area contributed by atoms with E-state index < -0.39 is 10.0 Å². The highest BCUT2D eigenvalue weighted by atomic mass is 32.2. The van der Waals surface area contributed by atoms with E-state index in [0.29, 0.717) is 17.4 Å². The summed E-state index contributed by atoms with van der Waals surface area (Å²) in [4.78, 5) is 1.35. The first-order chi connectivity index (χ1) is 8.45. The van der Waals surface area contributed by atoms with Crippen molar-refractivity contribution in [3.8, 4) is 0 Å². The maximum absolute atomic E-state index is 12.4. The summed E-state index contributed by atoms with van der Waals surface area (Å²) in [7, 11) is -1.56. The molecule has 0 radical (unpaired) electrons. The highest BCUT2D eigenvalue weighted by Gasteiger charge is 2.32. The van der Waals surface area contributed by atoms with Crippen LogP contribution in [-0.4, -0.2) is 21.5 Å². The van der Waals surface area contributed by atoms with E-state index in [2.05, 4.69) is 10.0 Å². The Labute approximate surface area is 113 Å². The zero-order valence-electron chi connectivity index (χ0n) is 11.0. The van der Waals surface area contributed by atoms with Gasteiger partial charge in [-0.25, -0.2) is 13.1 Å². The molecule has 1 saturated carbocycles. The van der Waals surface area contributed by atoms with Crippen molar-refractivity contribution in [2.75, 3.05) is 7.05 Å². The van der Waals surface area contributed by atoms with Crippen LogP contribution in [0.2, 0.25) is 0 Å². The lowest BCUT2D eigenvalue weighted by molar-refractivity contribution is 0.537. The molecule has 1 heterocycles. The first-order valence-electron chi connectivity index (χ1n) is 6.19. The highest BCUT2D eigenvalue weighted by molar-refractivity contribution is 7.89. The van der Waals surface area contributed by atoms with Crippen molar-refractivity contribution in [1.29, 1.82) is 0 Å². The Balaban J connectivity index is 2.25. The van der Waals surface area contributed by atoms with Crippen LogP contribution < -0.4 is 10.0 Å². The monoisotopic (exact) mass is 288 g/mol. The summed E-state index contributed by atoms with van der Waals surface area (Å²) in [6.45, 7) is 4.40. The molecule has 0 amide bonds. The molecule has 2 N–H and O–H groups in total. The van der Waals surface area contributed by atoms with Crippen molar-refractivity contribution in [3.63, 3.8) is 0 Å². The minimum Gasteiger partial charge on any atom is -0.315 e. The predicted octanol–water partition coefficient (Wildman–Crippen LogP) is 1.85. The number of sulfonamides is 1. The van der Waals surface area contributed by atoms with Gasteiger partial charge in [0.15, 0.2) is 0 Å². The van der Waals surface area contributed by atoms with Crippen molar-refractivity contribution in [3.05, 3.63) is 15.8 Å². The van der Waals surface area contributed by atoms with E-state index >= 15 is 0 Å². The van der Waals surface area contributed by atoms with Crippen LogP contribution in [0.1, 0.15) is 30.2 Å². The summed E-state index contributed by atoms with van der Waals surface area (Å²) in [5.74, 6) is 0.520. The van der Waals surface area contributed by atoms with Gasteiger partial charge < -0.3 is 5.32 Å². The normalized spacial score (nSPS) is 17.9. The fraction of sp³-hybridized carbons (Fsp3) is 0.667. The van der Waals surface area contributed by atoms with Gasteiger partial charge >= 0.3 is 0 Å². The molecule has 0 bridgehead atoms. The van der Waals surface area contributed by atoms with E-state index in [4.69, 9.17) is 0 Å². The fourth-order valence-corrected chi connectivity index (χ4v) is 5.26. The first-order valence-corrected chi connectivity index (χ1v) is 8.56. The van der Waals surface area contributed by atoms with E-state index in [0.717, 1.165) is 23.3 Å². The van der Waals surface area contributed by atoms with Crippen molar-refractivity contribution >= 4 is 21.4 Å². The number of rotatable bonds is 6. The fourth-order valence-electron chi connectivity index (χ4n) is 2.13. The van der Waals surface area contributed by atoms with Crippen molar-refractivity contribution < 1.29 is 8.42 Å². The van der Waals surface area contributed by atoms with E-state index in [9.17, 15) is 8.42 Å². The van der Waals surface area contributed by atoms with Gasteiger partial charge in [0, 0.05) is 17.5 Å². The van der Waals surface area contributed by atoms with Crippen LogP contribution in [0.25, 0.3) is 0 Å². The topological polar surface area (TPSA) is 58.2 Å². The second-order valence-electron chi connectivity index (χ2n) is 4.95. The average molecular weight is 288 g/mol. The molecule has 1 aliphatic rings. The van der Waals surface area contributed by atoms with Crippen LogP contribution in [0.4, 0.5) is 0 Å². The third-order valence-corrected chi connectivity index (χ3v) is 6.29. The quantitative estimate of drug-likeness (QED) is 0.840. The molecule has 1 aromatic heterocycles. The van der Waals surface area contributed by atoms with Crippen LogP contribution in [0.15, 0.2) is 10.3 Å². The molecule has 1 unspecified atom stereocenters. The molecule has 18 heavy (non-hydrogen) atoms. The van der Waals surface area contributed by atoms with Crippen LogP contribution in [0.3, 0.4) is 0 Å². The Bertz CT molecular complexity index is 518. The molecule has 1 aromatic rings. The molecule has 1 atom stereocenters. The lowest BCUT2D eigenvalue weighted by atomic mass is 10.2. The largest absolute Gasteiger partial charge is 0.315 e. The first kappa shape index (κ1) is 14.0. The summed E-state index contributed by atoms with van der Waals surface area (Å²) < 4.78 is 27.7. The van der Waals surface area contributed by atoms with Gasteiger partial charge in [-0.3, -0.25) is 0 Å². The molecule has 0 aliphatic heterocycles. The Morgan fingerprint density at radius 1 is 1.50 bits per heavy atom. The second-order valence-corrected chi connectivity index (χ2v) is 7.56. The van der Waals surface area contributed by atoms with E-state index in [1.165, 1.54) is 11.3 Å². The smallest absolute Gasteiger partial charge is 0.242 e. The van der Waals surface area contributed by atoms with Crippen molar-refractivity contribution in [2.45, 2.75) is 44.2 Å². The van der Waals surface area contributed by atoms with Crippen LogP contribution >= 0.6 is 11.3 Å². The van der Waals surface area contributed by atoms with E-state index in [1.54, 1.807) is 0 Å². The standard InChI is InChI=1S/C12H20N2O2S2/c1-8-7-17-11(6-13-3)12(8)18(15,16)14-9(2)10-4-5-10/h7,9-10,13-14H,4-6H2,1-3H3. The van der Waals surface area contributed by atoms with Gasteiger partial charge in [-0.15, -0.1) is 11.3 Å². The zero-order valence-corrected chi connectivity index (χ0v) is 12.6. The molecule has 1 aliphatic carbocycles. The highest BCUT2D eigenvalue weighted by Crippen LogP contribution is 2.34. The predicted molar refractivity (Wildman–Crippen MR) is 74.3 cm³/mol. The van der Waals surface area contributed by atoms with E-state index in [-0.39, 0.29) is 6.04 Å². The average Bonchev–Trinajstić information content (AvgIpc) is 3.04. The van der Waals surface area contributed by atoms with Crippen LogP contribution in [0, 0.1) is 12.8 Å². The molecular weight excluding hydrogens is 268 g/mol. The van der Waals surface area contributed by atoms with E-state index in [1.807, 2.05) is 26.3 Å². The molecular formula is C12H20N2O2S2. The Kier molecular flexibility index (Phi) is 4.11. The van der Waals surface area contributed by atoms with Gasteiger partial charge in [0.05, 0.1) is 0 Å². The van der Waals surface area contributed by atoms with Crippen LogP contribution in [-0.2, 0) is 16.6 Å². The minimum atomic E-state index is -3.38. The Hall–Kier alpha value is -0.430. The van der Waals surface area contributed by atoms with Crippen molar-refractivity contribution in [2.24, 2.45) is 5.92 Å². The maximum atomic E-state index is 12.4. The molecule has 0 spiro atoms. The van der Waals surface area contributed by atoms with Gasteiger partial charge in [-0.2, -0.15) is 0 Å². The molecule has 0 aromatic carbocycles. The van der Waals surface area contributed by atoms with Gasteiger partial charge in [0.1, 0.15) is 4.90 Å². The summed E-state index contributed by atoms with van der Waals surface area (Å²) in [6.07, 6.45) is 2.27. The SMILES string of the molecule is CNCc1scc(C)c1S(=O)(=O)NC(C)C1CC1. The second kappa shape index (κ2) is 5.28. The lowest BCUT2D eigenvalue weighted by Crippen LogP contribution is -2.34. The molecule has 4 nitrogen and oxygen atoms in total. The summed E-state index contributed by atoms with van der Waals surface area (Å²) in [5, 5.41) is 4.92. The van der Waals surface area contributed by atoms with Crippen molar-refractivity contribution in [1.82, 2.24) is 10.0 Å². The van der Waals surface area contributed by atoms with Gasteiger partial charge in [-0.1, -0.05) is 0 Å². The molecule has 2 rings (SSSR count). The summed E-state index contributed by atoms with van der Waals surface area (Å²) >= 11 is 1.50. The van der Waals surface area contributed by atoms with Gasteiger partial charge in [0.2, 0.25) is 10.0 Å². The minimum absolute atomic E-state index is 0.0386. The Morgan fingerprint density at radius 3 is 2.72 bits per heavy atom. The number of aryl methyl sites for hydroxylation is 1.